The van der Waals surface area contributed by atoms with Crippen LogP contribution in [0.1, 0.15) is 17.0 Å². The minimum absolute atomic E-state index is 0. The van der Waals surface area contributed by atoms with Gasteiger partial charge in [0.15, 0.2) is 5.96 Å². The summed E-state index contributed by atoms with van der Waals surface area (Å²) in [7, 11) is 3.41. The zero-order valence-corrected chi connectivity index (χ0v) is 20.9. The Morgan fingerprint density at radius 1 is 1.10 bits per heavy atom. The Balaban J connectivity index is 0.00000341. The summed E-state index contributed by atoms with van der Waals surface area (Å²) in [4.78, 5) is 8.79. The minimum Gasteiger partial charge on any atom is -0.497 e. The molecule has 0 unspecified atom stereocenters. The summed E-state index contributed by atoms with van der Waals surface area (Å²) in [6.07, 6.45) is 5.48. The summed E-state index contributed by atoms with van der Waals surface area (Å²) in [6, 6.07) is 16.2. The van der Waals surface area contributed by atoms with Crippen molar-refractivity contribution in [2.24, 2.45) is 4.99 Å². The lowest BCUT2D eigenvalue weighted by Gasteiger charge is -2.13. The minimum atomic E-state index is 0. The van der Waals surface area contributed by atoms with Crippen molar-refractivity contribution in [1.29, 1.82) is 0 Å². The number of methoxy groups -OCH3 is 1. The fourth-order valence-electron chi connectivity index (χ4n) is 3.18. The van der Waals surface area contributed by atoms with Crippen LogP contribution in [-0.4, -0.2) is 42.8 Å². The van der Waals surface area contributed by atoms with Gasteiger partial charge in [-0.05, 0) is 29.7 Å². The highest BCUT2D eigenvalue weighted by molar-refractivity contribution is 14.0. The quantitative estimate of drug-likeness (QED) is 0.237. The second kappa shape index (κ2) is 13.2. The van der Waals surface area contributed by atoms with Gasteiger partial charge < -0.3 is 19.9 Å². The average molecular weight is 554 g/mol. The first kappa shape index (κ1) is 25.0. The van der Waals surface area contributed by atoms with E-state index in [1.54, 1.807) is 14.2 Å². The number of nitrogens with one attached hydrogen (secondary N) is 2. The zero-order chi connectivity index (χ0) is 21.2. The molecule has 3 aromatic rings. The molecule has 0 saturated heterocycles. The lowest BCUT2D eigenvalue weighted by Crippen LogP contribution is -2.39. The Kier molecular flexibility index (Phi) is 10.7. The van der Waals surface area contributed by atoms with Crippen LogP contribution in [0.3, 0.4) is 0 Å². The van der Waals surface area contributed by atoms with Gasteiger partial charge in [0.25, 0.3) is 0 Å². The Morgan fingerprint density at radius 3 is 2.52 bits per heavy atom. The van der Waals surface area contributed by atoms with E-state index in [0.29, 0.717) is 5.02 Å². The highest BCUT2D eigenvalue weighted by Crippen LogP contribution is 2.22. The van der Waals surface area contributed by atoms with Crippen LogP contribution in [0.25, 0.3) is 0 Å². The molecule has 0 radical (unpaired) electrons. The molecule has 2 aromatic carbocycles. The van der Waals surface area contributed by atoms with Crippen molar-refractivity contribution in [2.45, 2.75) is 19.4 Å². The number of aromatic nitrogens is 2. The first-order valence-corrected chi connectivity index (χ1v) is 10.4. The Morgan fingerprint density at radius 2 is 1.84 bits per heavy atom. The summed E-state index contributed by atoms with van der Waals surface area (Å²) in [5.74, 6) is 2.58. The van der Waals surface area contributed by atoms with Crippen molar-refractivity contribution >= 4 is 41.5 Å². The van der Waals surface area contributed by atoms with E-state index in [0.717, 1.165) is 55.6 Å². The fraction of sp³-hybridized carbons (Fsp3) is 0.304. The molecule has 0 spiro atoms. The summed E-state index contributed by atoms with van der Waals surface area (Å²) in [5.41, 5.74) is 2.34. The van der Waals surface area contributed by atoms with E-state index < -0.39 is 0 Å². The van der Waals surface area contributed by atoms with Crippen LogP contribution < -0.4 is 15.4 Å². The van der Waals surface area contributed by atoms with Crippen LogP contribution in [0.15, 0.2) is 65.9 Å². The molecule has 1 aromatic heterocycles. The van der Waals surface area contributed by atoms with Gasteiger partial charge in [-0.2, -0.15) is 0 Å². The molecule has 0 saturated carbocycles. The molecule has 0 atom stereocenters. The first-order chi connectivity index (χ1) is 14.7. The number of rotatable bonds is 9. The van der Waals surface area contributed by atoms with Gasteiger partial charge in [0.05, 0.1) is 7.11 Å². The van der Waals surface area contributed by atoms with Gasteiger partial charge in [-0.25, -0.2) is 4.98 Å². The topological polar surface area (TPSA) is 63.5 Å². The number of ether oxygens (including phenoxy) is 1. The molecule has 1 heterocycles. The second-order valence-corrected chi connectivity index (χ2v) is 7.25. The van der Waals surface area contributed by atoms with E-state index in [1.165, 1.54) is 5.56 Å². The fourth-order valence-corrected chi connectivity index (χ4v) is 3.44. The molecular formula is C23H29ClIN5O. The number of halogens is 2. The zero-order valence-electron chi connectivity index (χ0n) is 17.8. The molecule has 6 nitrogen and oxygen atoms in total. The lowest BCUT2D eigenvalue weighted by atomic mass is 10.1. The molecule has 0 bridgehead atoms. The third kappa shape index (κ3) is 7.74. The van der Waals surface area contributed by atoms with E-state index in [9.17, 15) is 0 Å². The number of guanidine groups is 1. The molecule has 3 rings (SSSR count). The van der Waals surface area contributed by atoms with E-state index in [2.05, 4.69) is 49.4 Å². The second-order valence-electron chi connectivity index (χ2n) is 6.84. The average Bonchev–Trinajstić information content (AvgIpc) is 3.21. The van der Waals surface area contributed by atoms with Gasteiger partial charge in [0.2, 0.25) is 0 Å². The summed E-state index contributed by atoms with van der Waals surface area (Å²) in [5, 5.41) is 7.39. The van der Waals surface area contributed by atoms with Crippen molar-refractivity contribution in [3.05, 3.63) is 82.9 Å². The number of aliphatic imine (C=N–C) groups is 1. The highest BCUT2D eigenvalue weighted by atomic mass is 127. The van der Waals surface area contributed by atoms with E-state index >= 15 is 0 Å². The maximum absolute atomic E-state index is 6.31. The Hall–Kier alpha value is -2.26. The maximum Gasteiger partial charge on any atom is 0.191 e. The predicted molar refractivity (Wildman–Crippen MR) is 138 cm³/mol. The molecule has 31 heavy (non-hydrogen) atoms. The standard InChI is InChI=1S/C23H28ClN5O.HI/c1-25-23(27-12-10-19-8-9-20(30-2)16-21(19)24)28-13-11-22-26-14-15-29(22)17-18-6-4-3-5-7-18;/h3-9,14-16H,10-13,17H2,1-2H3,(H2,25,27,28);1H. The molecule has 166 valence electrons. The van der Waals surface area contributed by atoms with Crippen molar-refractivity contribution in [1.82, 2.24) is 20.2 Å². The van der Waals surface area contributed by atoms with Gasteiger partial charge in [0.1, 0.15) is 11.6 Å². The molecule has 0 aliphatic carbocycles. The van der Waals surface area contributed by atoms with Crippen LogP contribution in [-0.2, 0) is 19.4 Å². The third-order valence-electron chi connectivity index (χ3n) is 4.81. The molecule has 0 fully saturated rings. The van der Waals surface area contributed by atoms with Crippen LogP contribution in [0, 0.1) is 0 Å². The molecule has 0 aliphatic rings. The summed E-state index contributed by atoms with van der Waals surface area (Å²) >= 11 is 6.31. The number of hydrogen-bond donors (Lipinski definition) is 2. The molecule has 0 aliphatic heterocycles. The molecule has 2 N–H and O–H groups in total. The SMILES string of the molecule is CN=C(NCCc1ccc(OC)cc1Cl)NCCc1nccn1Cc1ccccc1.I. The normalized spacial score (nSPS) is 11.0. The Bertz CT molecular complexity index is 962. The predicted octanol–water partition coefficient (Wildman–Crippen LogP) is 4.16. The van der Waals surface area contributed by atoms with Gasteiger partial charge in [0, 0.05) is 50.5 Å². The van der Waals surface area contributed by atoms with Gasteiger partial charge in [-0.15, -0.1) is 24.0 Å². The van der Waals surface area contributed by atoms with Crippen molar-refractivity contribution in [2.75, 3.05) is 27.2 Å². The number of benzene rings is 2. The van der Waals surface area contributed by atoms with Crippen LogP contribution in [0.5, 0.6) is 5.75 Å². The van der Waals surface area contributed by atoms with Crippen molar-refractivity contribution < 1.29 is 4.74 Å². The molecule has 0 amide bonds. The summed E-state index contributed by atoms with van der Waals surface area (Å²) in [6.45, 7) is 2.30. The largest absolute Gasteiger partial charge is 0.497 e. The van der Waals surface area contributed by atoms with E-state index in [1.807, 2.05) is 36.7 Å². The number of hydrogen-bond acceptors (Lipinski definition) is 3. The lowest BCUT2D eigenvalue weighted by molar-refractivity contribution is 0.414. The van der Waals surface area contributed by atoms with Gasteiger partial charge >= 0.3 is 0 Å². The van der Waals surface area contributed by atoms with Crippen LogP contribution in [0.2, 0.25) is 5.02 Å². The number of nitrogens with zero attached hydrogens (tertiary/aromatic N) is 3. The maximum atomic E-state index is 6.31. The van der Waals surface area contributed by atoms with Crippen molar-refractivity contribution in [3.8, 4) is 5.75 Å². The van der Waals surface area contributed by atoms with Gasteiger partial charge in [-0.1, -0.05) is 48.0 Å². The molecular weight excluding hydrogens is 525 g/mol. The first-order valence-electron chi connectivity index (χ1n) is 10.0. The monoisotopic (exact) mass is 553 g/mol. The smallest absolute Gasteiger partial charge is 0.191 e. The highest BCUT2D eigenvalue weighted by Gasteiger charge is 2.06. The third-order valence-corrected chi connectivity index (χ3v) is 5.16. The van der Waals surface area contributed by atoms with Crippen LogP contribution in [0.4, 0.5) is 0 Å². The van der Waals surface area contributed by atoms with E-state index in [-0.39, 0.29) is 24.0 Å². The van der Waals surface area contributed by atoms with Crippen molar-refractivity contribution in [3.63, 3.8) is 0 Å². The summed E-state index contributed by atoms with van der Waals surface area (Å²) < 4.78 is 7.37. The van der Waals surface area contributed by atoms with Crippen LogP contribution >= 0.6 is 35.6 Å². The Labute approximate surface area is 206 Å². The van der Waals surface area contributed by atoms with E-state index in [4.69, 9.17) is 16.3 Å². The molecule has 8 heteroatoms. The van der Waals surface area contributed by atoms with Gasteiger partial charge in [-0.3, -0.25) is 4.99 Å². The number of imidazole rings is 1.